The van der Waals surface area contributed by atoms with Gasteiger partial charge in [-0.3, -0.25) is 4.79 Å². The second-order valence-corrected chi connectivity index (χ2v) is 12.1. The number of aromatic nitrogens is 1. The quantitative estimate of drug-likeness (QED) is 0.332. The van der Waals surface area contributed by atoms with Crippen LogP contribution in [0.1, 0.15) is 66.7 Å². The van der Waals surface area contributed by atoms with Gasteiger partial charge in [-0.2, -0.15) is 13.2 Å². The Morgan fingerprint density at radius 1 is 1.05 bits per heavy atom. The number of hydrogen-bond acceptors (Lipinski definition) is 3. The number of hydrogen-bond donors (Lipinski definition) is 3. The Balaban J connectivity index is 1.32. The molecule has 1 saturated heterocycles. The van der Waals surface area contributed by atoms with Crippen LogP contribution in [0.4, 0.5) is 23.7 Å². The van der Waals surface area contributed by atoms with Gasteiger partial charge in [-0.15, -0.1) is 0 Å². The first kappa shape index (κ1) is 31.4. The molecule has 0 radical (unpaired) electrons. The second-order valence-electron chi connectivity index (χ2n) is 12.1. The number of H-pyrrole nitrogens is 1. The molecule has 3 N–H and O–H groups in total. The average Bonchev–Trinajstić information content (AvgIpc) is 3.43. The van der Waals surface area contributed by atoms with Crippen LogP contribution in [0.3, 0.4) is 0 Å². The predicted octanol–water partition coefficient (Wildman–Crippen LogP) is 5.15. The largest absolute Gasteiger partial charge is 0.416 e. The zero-order valence-corrected chi connectivity index (χ0v) is 25.4. The third kappa shape index (κ3) is 7.35. The number of benzene rings is 2. The summed E-state index contributed by atoms with van der Waals surface area (Å²) in [5, 5.41) is 8.12. The van der Waals surface area contributed by atoms with Crippen molar-refractivity contribution < 1.29 is 22.8 Å². The van der Waals surface area contributed by atoms with Crippen molar-refractivity contribution in [2.75, 3.05) is 32.5 Å². The van der Waals surface area contributed by atoms with E-state index < -0.39 is 17.8 Å². The van der Waals surface area contributed by atoms with E-state index in [1.807, 2.05) is 56.4 Å². The molecule has 2 aromatic carbocycles. The molecule has 2 heterocycles. The normalized spacial score (nSPS) is 16.8. The Morgan fingerprint density at radius 2 is 1.77 bits per heavy atom. The maximum absolute atomic E-state index is 13.8. The minimum atomic E-state index is -4.40. The fourth-order valence-corrected chi connectivity index (χ4v) is 6.23. The van der Waals surface area contributed by atoms with E-state index in [0.717, 1.165) is 47.1 Å². The topological polar surface area (TPSA) is 80.5 Å². The zero-order chi connectivity index (χ0) is 31.4. The van der Waals surface area contributed by atoms with Gasteiger partial charge in [0.1, 0.15) is 6.04 Å². The molecule has 3 amide bonds. The number of urea groups is 1. The summed E-state index contributed by atoms with van der Waals surface area (Å²) in [6, 6.07) is 11.9. The minimum absolute atomic E-state index is 0.0769. The van der Waals surface area contributed by atoms with Crippen molar-refractivity contribution in [2.24, 2.45) is 0 Å². The molecule has 3 aromatic rings. The van der Waals surface area contributed by atoms with Crippen molar-refractivity contribution in [2.45, 2.75) is 63.2 Å². The van der Waals surface area contributed by atoms with Crippen LogP contribution in [0.15, 0.2) is 54.7 Å². The standard InChI is InChI=1S/C34H40F3N5O2/c1-22(29-20-38-30-13-5-4-12-28(29)30)31(32(43)39-27-11-6-8-23(18-27)21-41(2)3)40-33(44)42-16-14-24(15-17-42)25-9-7-10-26(19-25)34(35,36)37/h6-13,18-20,22,24,31,38H,4-5,14-17,21H2,1-3H3,(H,39,43)(H,40,44)/t22-,31+/m0/s1. The monoisotopic (exact) mass is 607 g/mol. The predicted molar refractivity (Wildman–Crippen MR) is 166 cm³/mol. The van der Waals surface area contributed by atoms with Crippen molar-refractivity contribution >= 4 is 29.8 Å². The van der Waals surface area contributed by atoms with Gasteiger partial charge in [-0.25, -0.2) is 4.79 Å². The number of rotatable bonds is 8. The number of carbonyl (C=O) groups is 2. The molecule has 2 aliphatic rings. The van der Waals surface area contributed by atoms with Crippen LogP contribution in [-0.4, -0.2) is 59.9 Å². The minimum Gasteiger partial charge on any atom is -0.361 e. The fourth-order valence-electron chi connectivity index (χ4n) is 6.23. The second kappa shape index (κ2) is 13.3. The van der Waals surface area contributed by atoms with Gasteiger partial charge < -0.3 is 25.4 Å². The first-order chi connectivity index (χ1) is 21.0. The summed E-state index contributed by atoms with van der Waals surface area (Å²) in [5.74, 6) is -0.734. The van der Waals surface area contributed by atoms with Gasteiger partial charge in [-0.1, -0.05) is 49.4 Å². The Morgan fingerprint density at radius 3 is 2.50 bits per heavy atom. The van der Waals surface area contributed by atoms with Crippen molar-refractivity contribution in [3.05, 3.63) is 87.5 Å². The van der Waals surface area contributed by atoms with Crippen molar-refractivity contribution in [3.63, 3.8) is 0 Å². The molecule has 2 atom stereocenters. The molecular weight excluding hydrogens is 567 g/mol. The molecule has 0 bridgehead atoms. The highest BCUT2D eigenvalue weighted by Gasteiger charge is 2.34. The molecule has 1 fully saturated rings. The number of aromatic amines is 1. The van der Waals surface area contributed by atoms with Crippen LogP contribution < -0.4 is 21.2 Å². The molecule has 5 rings (SSSR count). The number of anilines is 1. The van der Waals surface area contributed by atoms with Gasteiger partial charge in [0.15, 0.2) is 0 Å². The van der Waals surface area contributed by atoms with Gasteiger partial charge in [0.05, 0.1) is 5.56 Å². The highest BCUT2D eigenvalue weighted by Crippen LogP contribution is 2.34. The Labute approximate surface area is 255 Å². The third-order valence-corrected chi connectivity index (χ3v) is 8.56. The van der Waals surface area contributed by atoms with Gasteiger partial charge >= 0.3 is 12.2 Å². The van der Waals surface area contributed by atoms with E-state index >= 15 is 0 Å². The first-order valence-electron chi connectivity index (χ1n) is 15.1. The van der Waals surface area contributed by atoms with Gasteiger partial charge in [-0.05, 0) is 85.8 Å². The van der Waals surface area contributed by atoms with Gasteiger partial charge in [0.25, 0.3) is 0 Å². The van der Waals surface area contributed by atoms with Gasteiger partial charge in [0, 0.05) is 42.8 Å². The lowest BCUT2D eigenvalue weighted by atomic mass is 9.88. The van der Waals surface area contributed by atoms with Crippen LogP contribution in [0.2, 0.25) is 0 Å². The molecule has 0 unspecified atom stereocenters. The van der Waals surface area contributed by atoms with Crippen LogP contribution in [0, 0.1) is 0 Å². The number of carbonyl (C=O) groups excluding carboxylic acids is 2. The van der Waals surface area contributed by atoms with Crippen molar-refractivity contribution in [1.29, 1.82) is 0 Å². The number of amides is 3. The summed E-state index contributed by atoms with van der Waals surface area (Å²) in [4.78, 5) is 34.4. The average molecular weight is 608 g/mol. The van der Waals surface area contributed by atoms with Crippen LogP contribution in [-0.2, 0) is 17.5 Å². The van der Waals surface area contributed by atoms with E-state index in [1.54, 1.807) is 11.0 Å². The number of likely N-dealkylation sites (tertiary alicyclic amines) is 1. The molecule has 44 heavy (non-hydrogen) atoms. The lowest BCUT2D eigenvalue weighted by molar-refractivity contribution is -0.137. The first-order valence-corrected chi connectivity index (χ1v) is 15.1. The van der Waals surface area contributed by atoms with Crippen LogP contribution in [0.5, 0.6) is 0 Å². The Hall–Kier alpha value is -4.05. The maximum atomic E-state index is 13.8. The maximum Gasteiger partial charge on any atom is 0.416 e. The Bertz CT molecular complexity index is 1610. The summed E-state index contributed by atoms with van der Waals surface area (Å²) in [7, 11) is 3.96. The summed E-state index contributed by atoms with van der Waals surface area (Å²) < 4.78 is 39.8. The van der Waals surface area contributed by atoms with Crippen LogP contribution >= 0.6 is 0 Å². The summed E-state index contributed by atoms with van der Waals surface area (Å²) in [6.07, 6.45) is 4.76. The number of alkyl halides is 3. The summed E-state index contributed by atoms with van der Waals surface area (Å²) in [6.45, 7) is 3.42. The smallest absolute Gasteiger partial charge is 0.361 e. The fraction of sp³-hybridized carbons (Fsp3) is 0.412. The van der Waals surface area contributed by atoms with E-state index in [1.165, 1.54) is 12.1 Å². The third-order valence-electron chi connectivity index (χ3n) is 8.56. The number of nitrogens with one attached hydrogen (secondary N) is 3. The molecule has 10 heteroatoms. The van der Waals surface area contributed by atoms with Crippen molar-refractivity contribution in [3.8, 4) is 0 Å². The lowest BCUT2D eigenvalue weighted by Crippen LogP contribution is -2.53. The SMILES string of the molecule is C[C@@H](c1c[nH]c2c1=CCCC=2)[C@@H](NC(=O)N1CCC(c2cccc(C(F)(F)F)c2)CC1)C(=O)Nc1cccc(CN(C)C)c1. The van der Waals surface area contributed by atoms with Gasteiger partial charge in [0.2, 0.25) is 5.91 Å². The lowest BCUT2D eigenvalue weighted by Gasteiger charge is -2.34. The number of fused-ring (bicyclic) bond motifs is 1. The molecule has 0 saturated carbocycles. The molecule has 1 aromatic heterocycles. The molecule has 0 spiro atoms. The molecule has 234 valence electrons. The summed E-state index contributed by atoms with van der Waals surface area (Å²) in [5.41, 5.74) is 2.63. The number of halogens is 3. The summed E-state index contributed by atoms with van der Waals surface area (Å²) >= 11 is 0. The van der Waals surface area contributed by atoms with E-state index in [9.17, 15) is 22.8 Å². The molecule has 1 aliphatic carbocycles. The van der Waals surface area contributed by atoms with Crippen LogP contribution in [0.25, 0.3) is 12.2 Å². The molecule has 7 nitrogen and oxygen atoms in total. The molecular formula is C34H40F3N5O2. The van der Waals surface area contributed by atoms with E-state index in [2.05, 4.69) is 27.8 Å². The highest BCUT2D eigenvalue weighted by molar-refractivity contribution is 5.97. The number of piperidine rings is 1. The zero-order valence-electron chi connectivity index (χ0n) is 25.4. The Kier molecular flexibility index (Phi) is 9.48. The highest BCUT2D eigenvalue weighted by atomic mass is 19.4. The number of nitrogens with zero attached hydrogens (tertiary/aromatic N) is 2. The van der Waals surface area contributed by atoms with Crippen molar-refractivity contribution in [1.82, 2.24) is 20.1 Å². The molecule has 1 aliphatic heterocycles. The van der Waals surface area contributed by atoms with E-state index in [0.29, 0.717) is 37.2 Å². The van der Waals surface area contributed by atoms with E-state index in [4.69, 9.17) is 0 Å². The van der Waals surface area contributed by atoms with E-state index in [-0.39, 0.29) is 23.8 Å².